The molecule has 0 bridgehead atoms. The van der Waals surface area contributed by atoms with Gasteiger partial charge in [-0.2, -0.15) is 0 Å². The van der Waals surface area contributed by atoms with Gasteiger partial charge in [0.05, 0.1) is 38.8 Å². The lowest BCUT2D eigenvalue weighted by atomic mass is 9.53. The second kappa shape index (κ2) is 6.63. The zero-order valence-corrected chi connectivity index (χ0v) is 18.0. The summed E-state index contributed by atoms with van der Waals surface area (Å²) < 4.78 is 12.6. The van der Waals surface area contributed by atoms with Crippen LogP contribution in [0.4, 0.5) is 5.95 Å². The van der Waals surface area contributed by atoms with Crippen molar-refractivity contribution in [3.05, 3.63) is 18.5 Å². The number of esters is 1. The summed E-state index contributed by atoms with van der Waals surface area (Å²) >= 11 is 0. The van der Waals surface area contributed by atoms with Gasteiger partial charge in [0.2, 0.25) is 5.95 Å². The number of ether oxygens (including phenoxy) is 2. The number of nitrogens with one attached hydrogen (secondary N) is 1. The van der Waals surface area contributed by atoms with E-state index in [0.29, 0.717) is 5.92 Å². The maximum absolute atomic E-state index is 12.9. The zero-order chi connectivity index (χ0) is 20.5. The number of epoxide rings is 1. The minimum absolute atomic E-state index is 0.00265. The van der Waals surface area contributed by atoms with Gasteiger partial charge in [0, 0.05) is 23.7 Å². The smallest absolute Gasteiger partial charge is 0.315 e. The van der Waals surface area contributed by atoms with Gasteiger partial charge in [-0.25, -0.2) is 9.97 Å². The van der Waals surface area contributed by atoms with E-state index in [2.05, 4.69) is 28.7 Å². The van der Waals surface area contributed by atoms with Crippen LogP contribution in [-0.2, 0) is 14.3 Å². The van der Waals surface area contributed by atoms with Gasteiger partial charge < -0.3 is 19.3 Å². The number of carbonyl (C=O) groups is 1. The van der Waals surface area contributed by atoms with Crippen LogP contribution < -0.4 is 9.80 Å². The Bertz CT molecular complexity index is 829. The Kier molecular flexibility index (Phi) is 4.20. The summed E-state index contributed by atoms with van der Waals surface area (Å²) in [4.78, 5) is 25.4. The average molecular weight is 414 g/mol. The van der Waals surface area contributed by atoms with E-state index in [-0.39, 0.29) is 41.0 Å². The third-order valence-electron chi connectivity index (χ3n) is 9.01. The third-order valence-corrected chi connectivity index (χ3v) is 9.01. The van der Waals surface area contributed by atoms with Crippen molar-refractivity contribution in [2.45, 2.75) is 57.3 Å². The maximum Gasteiger partial charge on any atom is 0.315 e. The summed E-state index contributed by atoms with van der Waals surface area (Å²) in [5, 5.41) is 0. The molecule has 1 aromatic rings. The number of carbonyl (C=O) groups excluding carboxylic acids is 1. The second-order valence-electron chi connectivity index (χ2n) is 10.5. The molecular weight excluding hydrogens is 380 g/mol. The monoisotopic (exact) mass is 413 g/mol. The largest absolute Gasteiger partial charge is 0.462 e. The molecule has 2 saturated carbocycles. The van der Waals surface area contributed by atoms with Gasteiger partial charge in [0.25, 0.3) is 0 Å². The summed E-state index contributed by atoms with van der Waals surface area (Å²) in [6.45, 7) is 9.47. The van der Waals surface area contributed by atoms with Crippen LogP contribution in [-0.4, -0.2) is 66.5 Å². The molecule has 162 valence electrons. The van der Waals surface area contributed by atoms with Crippen LogP contribution in [0.3, 0.4) is 0 Å². The number of rotatable bonds is 3. The van der Waals surface area contributed by atoms with Crippen molar-refractivity contribution in [2.24, 2.45) is 23.2 Å². The molecule has 6 rings (SSSR count). The fourth-order valence-electron chi connectivity index (χ4n) is 7.46. The molecule has 30 heavy (non-hydrogen) atoms. The fourth-order valence-corrected chi connectivity index (χ4v) is 7.46. The molecular formula is C23H33N4O3+. The van der Waals surface area contributed by atoms with Crippen molar-refractivity contribution < 1.29 is 19.2 Å². The maximum atomic E-state index is 12.9. The topological polar surface area (TPSA) is 72.3 Å². The lowest BCUT2D eigenvalue weighted by Gasteiger charge is -2.48. The molecule has 5 aliphatic rings. The van der Waals surface area contributed by atoms with Gasteiger partial charge in [-0.15, -0.1) is 0 Å². The van der Waals surface area contributed by atoms with Crippen LogP contribution >= 0.6 is 0 Å². The van der Waals surface area contributed by atoms with Gasteiger partial charge in [-0.05, 0) is 31.2 Å². The van der Waals surface area contributed by atoms with Crippen LogP contribution in [0.1, 0.15) is 39.5 Å². The van der Waals surface area contributed by atoms with Crippen molar-refractivity contribution in [3.8, 4) is 0 Å². The molecule has 5 fully saturated rings. The quantitative estimate of drug-likeness (QED) is 0.581. The molecule has 7 nitrogen and oxygen atoms in total. The number of hydrogen-bond acceptors (Lipinski definition) is 6. The number of anilines is 1. The summed E-state index contributed by atoms with van der Waals surface area (Å²) in [5.74, 6) is 1.64. The van der Waals surface area contributed by atoms with Gasteiger partial charge in [0.1, 0.15) is 17.6 Å². The lowest BCUT2D eigenvalue weighted by molar-refractivity contribution is -0.903. The van der Waals surface area contributed by atoms with E-state index in [1.54, 1.807) is 12.4 Å². The Balaban J connectivity index is 1.15. The van der Waals surface area contributed by atoms with Crippen LogP contribution in [0, 0.1) is 23.2 Å². The Morgan fingerprint density at radius 3 is 2.80 bits per heavy atom. The Hall–Kier alpha value is -1.73. The molecule has 0 aromatic carbocycles. The number of hydrogen-bond donors (Lipinski definition) is 1. The molecule has 7 atom stereocenters. The van der Waals surface area contributed by atoms with Crippen LogP contribution in [0.2, 0.25) is 0 Å². The fraction of sp³-hybridized carbons (Fsp3) is 0.783. The van der Waals surface area contributed by atoms with E-state index < -0.39 is 0 Å². The molecule has 3 aliphatic heterocycles. The molecule has 0 amide bonds. The van der Waals surface area contributed by atoms with E-state index in [4.69, 9.17) is 9.47 Å². The highest BCUT2D eigenvalue weighted by Gasteiger charge is 2.78. The number of fused-ring (bicyclic) bond motifs is 2. The lowest BCUT2D eigenvalue weighted by Crippen LogP contribution is -3.15. The standard InChI is InChI=1S/C23H32N4O3/c1-15-5-3-6-22(2)13-17-18(19-23(15,22)30-19)16(20(28)29-17)14-26-9-11-27(12-10-26)21-24-7-4-8-25-21/h4,7-8,15-19H,3,5-6,9-14H2,1-2H3/p+1/t15-,16+,17+,18+,19+,22+,23+/m0/s1. The first kappa shape index (κ1) is 19.0. The first-order valence-corrected chi connectivity index (χ1v) is 11.8. The van der Waals surface area contributed by atoms with Crippen molar-refractivity contribution in [2.75, 3.05) is 37.6 Å². The molecule has 4 heterocycles. The Morgan fingerprint density at radius 2 is 2.03 bits per heavy atom. The first-order chi connectivity index (χ1) is 14.5. The van der Waals surface area contributed by atoms with E-state index in [9.17, 15) is 4.79 Å². The molecule has 7 heteroatoms. The predicted octanol–water partition coefficient (Wildman–Crippen LogP) is 0.707. The van der Waals surface area contributed by atoms with Crippen molar-refractivity contribution >= 4 is 11.9 Å². The number of quaternary nitrogens is 1. The zero-order valence-electron chi connectivity index (χ0n) is 18.0. The molecule has 0 unspecified atom stereocenters. The van der Waals surface area contributed by atoms with Gasteiger partial charge >= 0.3 is 5.97 Å². The highest BCUT2D eigenvalue weighted by atomic mass is 16.6. The second-order valence-corrected chi connectivity index (χ2v) is 10.5. The normalized spacial score (nSPS) is 45.3. The summed E-state index contributed by atoms with van der Waals surface area (Å²) in [7, 11) is 0. The number of aromatic nitrogens is 2. The number of piperazine rings is 1. The van der Waals surface area contributed by atoms with Gasteiger partial charge in [-0.3, -0.25) is 4.79 Å². The van der Waals surface area contributed by atoms with E-state index in [1.807, 2.05) is 6.07 Å². The summed E-state index contributed by atoms with van der Waals surface area (Å²) in [6, 6.07) is 1.85. The third kappa shape index (κ3) is 2.60. The Morgan fingerprint density at radius 1 is 1.27 bits per heavy atom. The van der Waals surface area contributed by atoms with E-state index >= 15 is 0 Å². The molecule has 3 saturated heterocycles. The minimum atomic E-state index is -0.0208. The summed E-state index contributed by atoms with van der Waals surface area (Å²) in [5.41, 5.74) is 0.164. The molecule has 1 aromatic heterocycles. The predicted molar refractivity (Wildman–Crippen MR) is 110 cm³/mol. The summed E-state index contributed by atoms with van der Waals surface area (Å²) in [6.07, 6.45) is 8.56. The first-order valence-electron chi connectivity index (χ1n) is 11.8. The highest BCUT2D eigenvalue weighted by Crippen LogP contribution is 2.70. The average Bonchev–Trinajstić information content (AvgIpc) is 3.44. The van der Waals surface area contributed by atoms with Crippen molar-refractivity contribution in [1.82, 2.24) is 9.97 Å². The minimum Gasteiger partial charge on any atom is -0.462 e. The van der Waals surface area contributed by atoms with Crippen molar-refractivity contribution in [3.63, 3.8) is 0 Å². The molecule has 2 aliphatic carbocycles. The van der Waals surface area contributed by atoms with Crippen molar-refractivity contribution in [1.29, 1.82) is 0 Å². The van der Waals surface area contributed by atoms with E-state index in [0.717, 1.165) is 45.1 Å². The molecule has 1 N–H and O–H groups in total. The molecule has 0 radical (unpaired) electrons. The highest BCUT2D eigenvalue weighted by molar-refractivity contribution is 5.76. The van der Waals surface area contributed by atoms with Crippen LogP contribution in [0.15, 0.2) is 18.5 Å². The number of nitrogens with zero attached hydrogens (tertiary/aromatic N) is 3. The SMILES string of the molecule is C[C@H]1CCC[C@]2(C)C[C@H]3OC(=O)[C@H](C[NH+]4CCN(c5ncccn5)CC4)[C@H]3[C@H]3O[C@@]312. The molecule has 1 spiro atoms. The van der Waals surface area contributed by atoms with E-state index in [1.165, 1.54) is 24.2 Å². The van der Waals surface area contributed by atoms with Crippen LogP contribution in [0.25, 0.3) is 0 Å². The Labute approximate surface area is 178 Å². The van der Waals surface area contributed by atoms with Crippen LogP contribution in [0.5, 0.6) is 0 Å². The van der Waals surface area contributed by atoms with Gasteiger partial charge in [-0.1, -0.05) is 20.3 Å². The van der Waals surface area contributed by atoms with Gasteiger partial charge in [0.15, 0.2) is 0 Å².